The van der Waals surface area contributed by atoms with Gasteiger partial charge in [-0.2, -0.15) is 0 Å². The van der Waals surface area contributed by atoms with Gasteiger partial charge in [0.05, 0.1) is 17.2 Å². The number of nitro benzene ring substituents is 1. The summed E-state index contributed by atoms with van der Waals surface area (Å²) in [7, 11) is 0. The molecule has 7 nitrogen and oxygen atoms in total. The van der Waals surface area contributed by atoms with Crippen LogP contribution in [0, 0.1) is 24.0 Å². The number of nitro groups is 1. The minimum Gasteiger partial charge on any atom is -0.444 e. The number of hydrogen-bond acceptors (Lipinski definition) is 6. The van der Waals surface area contributed by atoms with E-state index in [1.807, 2.05) is 6.92 Å². The van der Waals surface area contributed by atoms with Crippen LogP contribution in [-0.2, 0) is 6.54 Å². The molecule has 7 heteroatoms. The minimum atomic E-state index is -0.518. The molecule has 0 fully saturated rings. The number of ketones is 1. The maximum absolute atomic E-state index is 12.5. The van der Waals surface area contributed by atoms with Crippen molar-refractivity contribution in [1.82, 2.24) is 4.98 Å². The van der Waals surface area contributed by atoms with Crippen LogP contribution in [0.3, 0.4) is 0 Å². The molecule has 0 aliphatic rings. The number of aryl methyl sites for hydroxylation is 2. The van der Waals surface area contributed by atoms with Crippen LogP contribution in [0.1, 0.15) is 33.3 Å². The molecule has 0 radical (unpaired) electrons. The molecule has 1 N–H and O–H groups in total. The van der Waals surface area contributed by atoms with E-state index in [0.29, 0.717) is 22.9 Å². The summed E-state index contributed by atoms with van der Waals surface area (Å²) in [4.78, 5) is 27.6. The monoisotopic (exact) mass is 351 g/mol. The number of oxazole rings is 1. The lowest BCUT2D eigenvalue weighted by Crippen LogP contribution is -2.06. The summed E-state index contributed by atoms with van der Waals surface area (Å²) in [5, 5.41) is 14.4. The Hall–Kier alpha value is -3.48. The van der Waals surface area contributed by atoms with Crippen LogP contribution in [0.5, 0.6) is 0 Å². The number of carbonyl (C=O) groups is 1. The van der Waals surface area contributed by atoms with Gasteiger partial charge in [0, 0.05) is 17.2 Å². The highest BCUT2D eigenvalue weighted by atomic mass is 16.6. The summed E-state index contributed by atoms with van der Waals surface area (Å²) >= 11 is 0. The van der Waals surface area contributed by atoms with Crippen molar-refractivity contribution < 1.29 is 14.1 Å². The smallest absolute Gasteiger partial charge is 0.293 e. The molecule has 0 saturated heterocycles. The van der Waals surface area contributed by atoms with Crippen LogP contribution in [0.15, 0.2) is 52.9 Å². The van der Waals surface area contributed by atoms with Gasteiger partial charge in [0.2, 0.25) is 5.89 Å². The molecule has 0 aliphatic heterocycles. The lowest BCUT2D eigenvalue weighted by molar-refractivity contribution is -0.384. The van der Waals surface area contributed by atoms with E-state index in [4.69, 9.17) is 4.42 Å². The Balaban J connectivity index is 1.85. The third-order valence-corrected chi connectivity index (χ3v) is 4.00. The average molecular weight is 351 g/mol. The quantitative estimate of drug-likeness (QED) is 0.409. The fraction of sp³-hybridized carbons (Fsp3) is 0.158. The molecule has 0 aliphatic carbocycles. The van der Waals surface area contributed by atoms with Gasteiger partial charge < -0.3 is 9.73 Å². The number of nitrogens with one attached hydrogen (secondary N) is 1. The largest absolute Gasteiger partial charge is 0.444 e. The van der Waals surface area contributed by atoms with E-state index in [-0.39, 0.29) is 23.6 Å². The van der Waals surface area contributed by atoms with E-state index in [1.54, 1.807) is 43.3 Å². The normalized spacial score (nSPS) is 10.5. The Morgan fingerprint density at radius 1 is 1.15 bits per heavy atom. The Morgan fingerprint density at radius 3 is 2.50 bits per heavy atom. The molecule has 1 aromatic heterocycles. The van der Waals surface area contributed by atoms with Crippen LogP contribution < -0.4 is 5.32 Å². The minimum absolute atomic E-state index is 0.174. The summed E-state index contributed by atoms with van der Waals surface area (Å²) in [5.74, 6) is 0.887. The predicted octanol–water partition coefficient (Wildman–Crippen LogP) is 4.04. The highest BCUT2D eigenvalue weighted by molar-refractivity contribution is 6.09. The second-order valence-electron chi connectivity index (χ2n) is 5.79. The first-order chi connectivity index (χ1) is 12.5. The first-order valence-corrected chi connectivity index (χ1v) is 8.00. The van der Waals surface area contributed by atoms with Gasteiger partial charge in [-0.15, -0.1) is 0 Å². The Bertz CT molecular complexity index is 945. The number of nitrogens with zero attached hydrogens (tertiary/aromatic N) is 2. The van der Waals surface area contributed by atoms with Gasteiger partial charge in [-0.3, -0.25) is 14.9 Å². The lowest BCUT2D eigenvalue weighted by atomic mass is 10.0. The number of anilines is 1. The molecule has 1 heterocycles. The Morgan fingerprint density at radius 2 is 1.88 bits per heavy atom. The van der Waals surface area contributed by atoms with E-state index in [1.165, 1.54) is 12.1 Å². The maximum Gasteiger partial charge on any atom is 0.293 e. The second-order valence-corrected chi connectivity index (χ2v) is 5.79. The van der Waals surface area contributed by atoms with Crippen molar-refractivity contribution in [3.63, 3.8) is 0 Å². The summed E-state index contributed by atoms with van der Waals surface area (Å²) in [6.45, 7) is 3.84. The summed E-state index contributed by atoms with van der Waals surface area (Å²) < 4.78 is 5.46. The summed E-state index contributed by atoms with van der Waals surface area (Å²) in [5.41, 5.74) is 1.64. The maximum atomic E-state index is 12.5. The lowest BCUT2D eigenvalue weighted by Gasteiger charge is -2.07. The second kappa shape index (κ2) is 7.18. The molecule has 26 heavy (non-hydrogen) atoms. The van der Waals surface area contributed by atoms with Crippen molar-refractivity contribution in [3.05, 3.63) is 87.1 Å². The van der Waals surface area contributed by atoms with E-state index < -0.39 is 4.92 Å². The van der Waals surface area contributed by atoms with Crippen LogP contribution >= 0.6 is 0 Å². The molecule has 3 rings (SSSR count). The number of carbonyl (C=O) groups excluding carboxylic acids is 1. The van der Waals surface area contributed by atoms with E-state index in [2.05, 4.69) is 10.3 Å². The zero-order valence-corrected chi connectivity index (χ0v) is 14.4. The topological polar surface area (TPSA) is 98.3 Å². The highest BCUT2D eigenvalue weighted by Crippen LogP contribution is 2.27. The first-order valence-electron chi connectivity index (χ1n) is 8.00. The third kappa shape index (κ3) is 3.61. The zero-order valence-electron chi connectivity index (χ0n) is 14.4. The SMILES string of the molecule is Cc1nc(CNc2ccc(C(=O)c3ccccc3)cc2[N+](=O)[O-])oc1C. The number of rotatable bonds is 6. The molecule has 3 aromatic rings. The number of hydrogen-bond donors (Lipinski definition) is 1. The predicted molar refractivity (Wildman–Crippen MR) is 96.3 cm³/mol. The summed E-state index contributed by atoms with van der Waals surface area (Å²) in [6.07, 6.45) is 0. The molecule has 2 aromatic carbocycles. The van der Waals surface area contributed by atoms with E-state index in [0.717, 1.165) is 5.69 Å². The molecular formula is C19H17N3O4. The van der Waals surface area contributed by atoms with Crippen molar-refractivity contribution in [2.45, 2.75) is 20.4 Å². The van der Waals surface area contributed by atoms with Gasteiger partial charge >= 0.3 is 0 Å². The number of benzene rings is 2. The number of aromatic nitrogens is 1. The summed E-state index contributed by atoms with van der Waals surface area (Å²) in [6, 6.07) is 13.0. The van der Waals surface area contributed by atoms with Gasteiger partial charge in [-0.05, 0) is 26.0 Å². The highest BCUT2D eigenvalue weighted by Gasteiger charge is 2.19. The van der Waals surface area contributed by atoms with Crippen LogP contribution in [0.4, 0.5) is 11.4 Å². The standard InChI is InChI=1S/C19H17N3O4/c1-12-13(2)26-18(21-12)11-20-16-9-8-15(10-17(16)22(24)25)19(23)14-6-4-3-5-7-14/h3-10,20H,11H2,1-2H3. The van der Waals surface area contributed by atoms with Crippen molar-refractivity contribution in [2.24, 2.45) is 0 Å². The molecule has 0 amide bonds. The van der Waals surface area contributed by atoms with E-state index in [9.17, 15) is 14.9 Å². The molecule has 0 spiro atoms. The zero-order chi connectivity index (χ0) is 18.7. The van der Waals surface area contributed by atoms with Gasteiger partial charge in [0.15, 0.2) is 5.78 Å². The molecule has 0 atom stereocenters. The first kappa shape index (κ1) is 17.3. The van der Waals surface area contributed by atoms with Crippen molar-refractivity contribution in [1.29, 1.82) is 0 Å². The van der Waals surface area contributed by atoms with E-state index >= 15 is 0 Å². The molecule has 132 valence electrons. The van der Waals surface area contributed by atoms with Crippen LogP contribution in [0.25, 0.3) is 0 Å². The van der Waals surface area contributed by atoms with Gasteiger partial charge in [-0.25, -0.2) is 4.98 Å². The van der Waals surface area contributed by atoms with Crippen molar-refractivity contribution >= 4 is 17.2 Å². The van der Waals surface area contributed by atoms with Crippen molar-refractivity contribution in [3.8, 4) is 0 Å². The molecular weight excluding hydrogens is 334 g/mol. The Labute approximate surface area is 149 Å². The molecule has 0 unspecified atom stereocenters. The molecule has 0 bridgehead atoms. The molecule has 0 saturated carbocycles. The van der Waals surface area contributed by atoms with Gasteiger partial charge in [0.25, 0.3) is 5.69 Å². The third-order valence-electron chi connectivity index (χ3n) is 4.00. The average Bonchev–Trinajstić information content (AvgIpc) is 2.97. The fourth-order valence-electron chi connectivity index (χ4n) is 2.52. The van der Waals surface area contributed by atoms with Crippen molar-refractivity contribution in [2.75, 3.05) is 5.32 Å². The van der Waals surface area contributed by atoms with Gasteiger partial charge in [0.1, 0.15) is 11.4 Å². The Kier molecular flexibility index (Phi) is 4.79. The van der Waals surface area contributed by atoms with Crippen LogP contribution in [-0.4, -0.2) is 15.7 Å². The fourth-order valence-corrected chi connectivity index (χ4v) is 2.52. The van der Waals surface area contributed by atoms with Crippen LogP contribution in [0.2, 0.25) is 0 Å². The van der Waals surface area contributed by atoms with Gasteiger partial charge in [-0.1, -0.05) is 30.3 Å².